The maximum Gasteiger partial charge on any atom is 0.231 e. The van der Waals surface area contributed by atoms with Gasteiger partial charge in [-0.15, -0.1) is 0 Å². The standard InChI is InChI=1S/C13H15N3O/c14-11-5-3-10(4-6-11)8-13-15-12(16-17-13)7-9-1-2-9/h3-6,9H,1-2,7-8,14H2. The fraction of sp³-hybridized carbons (Fsp3) is 0.385. The van der Waals surface area contributed by atoms with Gasteiger partial charge in [0.05, 0.1) is 6.42 Å². The van der Waals surface area contributed by atoms with Gasteiger partial charge in [-0.25, -0.2) is 0 Å². The van der Waals surface area contributed by atoms with Crippen LogP contribution >= 0.6 is 0 Å². The van der Waals surface area contributed by atoms with Crippen LogP contribution in [0.2, 0.25) is 0 Å². The summed E-state index contributed by atoms with van der Waals surface area (Å²) in [6.07, 6.45) is 4.26. The molecule has 17 heavy (non-hydrogen) atoms. The first-order valence-electron chi connectivity index (χ1n) is 5.95. The fourth-order valence-corrected chi connectivity index (χ4v) is 1.84. The monoisotopic (exact) mass is 229 g/mol. The predicted molar refractivity (Wildman–Crippen MR) is 64.4 cm³/mol. The number of nitrogens with two attached hydrogens (primary N) is 1. The molecule has 0 saturated heterocycles. The van der Waals surface area contributed by atoms with Gasteiger partial charge in [-0.3, -0.25) is 0 Å². The van der Waals surface area contributed by atoms with Crippen molar-refractivity contribution >= 4 is 5.69 Å². The van der Waals surface area contributed by atoms with E-state index in [-0.39, 0.29) is 0 Å². The Morgan fingerprint density at radius 3 is 2.71 bits per heavy atom. The summed E-state index contributed by atoms with van der Waals surface area (Å²) >= 11 is 0. The van der Waals surface area contributed by atoms with E-state index in [4.69, 9.17) is 10.3 Å². The molecule has 1 aliphatic carbocycles. The molecular weight excluding hydrogens is 214 g/mol. The van der Waals surface area contributed by atoms with Gasteiger partial charge in [-0.05, 0) is 36.5 Å². The number of benzene rings is 1. The summed E-state index contributed by atoms with van der Waals surface area (Å²) in [5, 5.41) is 4.00. The van der Waals surface area contributed by atoms with Crippen LogP contribution in [-0.4, -0.2) is 10.1 Å². The van der Waals surface area contributed by atoms with Gasteiger partial charge >= 0.3 is 0 Å². The Morgan fingerprint density at radius 2 is 2.00 bits per heavy atom. The van der Waals surface area contributed by atoms with E-state index in [1.807, 2.05) is 24.3 Å². The van der Waals surface area contributed by atoms with Crippen LogP contribution in [0.5, 0.6) is 0 Å². The lowest BCUT2D eigenvalue weighted by Gasteiger charge is -1.96. The van der Waals surface area contributed by atoms with Crippen molar-refractivity contribution in [3.05, 3.63) is 41.5 Å². The van der Waals surface area contributed by atoms with Crippen LogP contribution < -0.4 is 5.73 Å². The average molecular weight is 229 g/mol. The summed E-state index contributed by atoms with van der Waals surface area (Å²) in [6, 6.07) is 7.74. The molecule has 0 atom stereocenters. The Labute approximate surface area is 99.8 Å². The zero-order valence-electron chi connectivity index (χ0n) is 9.60. The zero-order valence-corrected chi connectivity index (χ0v) is 9.60. The number of aromatic nitrogens is 2. The molecule has 0 radical (unpaired) electrons. The summed E-state index contributed by atoms with van der Waals surface area (Å²) in [4.78, 5) is 4.40. The Kier molecular flexibility index (Phi) is 2.55. The highest BCUT2D eigenvalue weighted by molar-refractivity contribution is 5.39. The summed E-state index contributed by atoms with van der Waals surface area (Å²) < 4.78 is 5.24. The molecule has 1 aromatic carbocycles. The van der Waals surface area contributed by atoms with Crippen LogP contribution in [0, 0.1) is 5.92 Å². The second-order valence-electron chi connectivity index (χ2n) is 4.67. The summed E-state index contributed by atoms with van der Waals surface area (Å²) in [5.74, 6) is 2.32. The summed E-state index contributed by atoms with van der Waals surface area (Å²) in [7, 11) is 0. The Balaban J connectivity index is 1.67. The normalized spacial score (nSPS) is 15.1. The SMILES string of the molecule is Nc1ccc(Cc2nc(CC3CC3)no2)cc1. The number of nitrogens with zero attached hydrogens (tertiary/aromatic N) is 2. The minimum Gasteiger partial charge on any atom is -0.399 e. The molecule has 1 fully saturated rings. The molecule has 88 valence electrons. The Hall–Kier alpha value is -1.84. The van der Waals surface area contributed by atoms with Gasteiger partial charge < -0.3 is 10.3 Å². The molecule has 1 saturated carbocycles. The van der Waals surface area contributed by atoms with Crippen LogP contribution in [-0.2, 0) is 12.8 Å². The second-order valence-corrected chi connectivity index (χ2v) is 4.67. The first-order chi connectivity index (χ1) is 8.29. The van der Waals surface area contributed by atoms with Crippen LogP contribution in [0.1, 0.15) is 30.1 Å². The van der Waals surface area contributed by atoms with Crippen molar-refractivity contribution in [3.63, 3.8) is 0 Å². The van der Waals surface area contributed by atoms with Crippen LogP contribution in [0.25, 0.3) is 0 Å². The molecule has 1 aliphatic rings. The van der Waals surface area contributed by atoms with Crippen molar-refractivity contribution in [3.8, 4) is 0 Å². The molecule has 0 unspecified atom stereocenters. The van der Waals surface area contributed by atoms with E-state index in [1.165, 1.54) is 12.8 Å². The third kappa shape index (κ3) is 2.64. The molecule has 3 rings (SSSR count). The highest BCUT2D eigenvalue weighted by Crippen LogP contribution is 2.31. The number of hydrogen-bond acceptors (Lipinski definition) is 4. The second kappa shape index (κ2) is 4.20. The molecule has 0 spiro atoms. The van der Waals surface area contributed by atoms with Crippen molar-refractivity contribution in [2.75, 3.05) is 5.73 Å². The Morgan fingerprint density at radius 1 is 1.24 bits per heavy atom. The van der Waals surface area contributed by atoms with Gasteiger partial charge in [0.2, 0.25) is 5.89 Å². The minimum absolute atomic E-state index is 0.679. The van der Waals surface area contributed by atoms with Crippen molar-refractivity contribution in [2.24, 2.45) is 5.92 Å². The third-order valence-corrected chi connectivity index (χ3v) is 3.01. The van der Waals surface area contributed by atoms with Crippen LogP contribution in [0.4, 0.5) is 5.69 Å². The largest absolute Gasteiger partial charge is 0.399 e. The number of nitrogen functional groups attached to an aromatic ring is 1. The van der Waals surface area contributed by atoms with Gasteiger partial charge in [0, 0.05) is 12.1 Å². The van der Waals surface area contributed by atoms with E-state index in [9.17, 15) is 0 Å². The maximum absolute atomic E-state index is 5.63. The number of hydrogen-bond donors (Lipinski definition) is 1. The molecule has 1 aromatic heterocycles. The van der Waals surface area contributed by atoms with Gasteiger partial charge in [0.15, 0.2) is 5.82 Å². The van der Waals surface area contributed by atoms with E-state index < -0.39 is 0 Å². The molecule has 4 heteroatoms. The number of rotatable bonds is 4. The average Bonchev–Trinajstić information content (AvgIpc) is 3.02. The molecule has 2 N–H and O–H groups in total. The first-order valence-corrected chi connectivity index (χ1v) is 5.95. The molecule has 4 nitrogen and oxygen atoms in total. The van der Waals surface area contributed by atoms with Gasteiger partial charge in [-0.2, -0.15) is 4.98 Å². The highest BCUT2D eigenvalue weighted by atomic mass is 16.5. The first kappa shape index (κ1) is 10.3. The highest BCUT2D eigenvalue weighted by Gasteiger charge is 2.23. The molecule has 0 bridgehead atoms. The Bertz CT molecular complexity index is 500. The molecule has 0 amide bonds. The minimum atomic E-state index is 0.679. The van der Waals surface area contributed by atoms with Gasteiger partial charge in [-0.1, -0.05) is 17.3 Å². The quantitative estimate of drug-likeness (QED) is 0.816. The van der Waals surface area contributed by atoms with E-state index in [1.54, 1.807) is 0 Å². The van der Waals surface area contributed by atoms with Crippen molar-refractivity contribution < 1.29 is 4.52 Å². The predicted octanol–water partition coefficient (Wildman–Crippen LogP) is 2.20. The lowest BCUT2D eigenvalue weighted by molar-refractivity contribution is 0.378. The maximum atomic E-state index is 5.63. The molecule has 1 heterocycles. The van der Waals surface area contributed by atoms with E-state index in [2.05, 4.69) is 10.1 Å². The molecular formula is C13H15N3O. The van der Waals surface area contributed by atoms with Crippen molar-refractivity contribution in [2.45, 2.75) is 25.7 Å². The van der Waals surface area contributed by atoms with Crippen molar-refractivity contribution in [1.29, 1.82) is 0 Å². The van der Waals surface area contributed by atoms with E-state index in [0.29, 0.717) is 12.3 Å². The third-order valence-electron chi connectivity index (χ3n) is 3.01. The molecule has 0 aliphatic heterocycles. The lowest BCUT2D eigenvalue weighted by Crippen LogP contribution is -1.92. The number of anilines is 1. The zero-order chi connectivity index (χ0) is 11.7. The van der Waals surface area contributed by atoms with Crippen molar-refractivity contribution in [1.82, 2.24) is 10.1 Å². The smallest absolute Gasteiger partial charge is 0.231 e. The van der Waals surface area contributed by atoms with Gasteiger partial charge in [0.1, 0.15) is 0 Å². The molecule has 2 aromatic rings. The topological polar surface area (TPSA) is 64.9 Å². The fourth-order valence-electron chi connectivity index (χ4n) is 1.84. The van der Waals surface area contributed by atoms with Gasteiger partial charge in [0.25, 0.3) is 0 Å². The van der Waals surface area contributed by atoms with E-state index >= 15 is 0 Å². The van der Waals surface area contributed by atoms with Crippen LogP contribution in [0.3, 0.4) is 0 Å². The van der Waals surface area contributed by atoms with E-state index in [0.717, 1.165) is 29.4 Å². The summed E-state index contributed by atoms with van der Waals surface area (Å²) in [5.41, 5.74) is 7.55. The van der Waals surface area contributed by atoms with Crippen LogP contribution in [0.15, 0.2) is 28.8 Å². The lowest BCUT2D eigenvalue weighted by atomic mass is 10.1. The summed E-state index contributed by atoms with van der Waals surface area (Å²) in [6.45, 7) is 0.